The maximum absolute atomic E-state index is 4.40. The van der Waals surface area contributed by atoms with Gasteiger partial charge in [-0.1, -0.05) is 25.7 Å². The largest absolute Gasteiger partial charge is 0.178 e. The Bertz CT molecular complexity index is 105. The highest BCUT2D eigenvalue weighted by molar-refractivity contribution is 7.85. The van der Waals surface area contributed by atoms with Gasteiger partial charge in [-0.2, -0.15) is 50.5 Å². The van der Waals surface area contributed by atoms with Gasteiger partial charge >= 0.3 is 0 Å². The second-order valence-corrected chi connectivity index (χ2v) is 5.86. The van der Waals surface area contributed by atoms with E-state index in [4.69, 9.17) is 0 Å². The highest BCUT2D eigenvalue weighted by atomic mass is 32.1. The zero-order valence-electron chi connectivity index (χ0n) is 8.60. The lowest BCUT2D eigenvalue weighted by Gasteiger charge is -2.08. The second kappa shape index (κ2) is 10.9. The van der Waals surface area contributed by atoms with Crippen molar-refractivity contribution in [1.82, 2.24) is 0 Å². The average molecular weight is 271 g/mol. The van der Waals surface area contributed by atoms with Gasteiger partial charge in [0.05, 0.1) is 0 Å². The van der Waals surface area contributed by atoms with E-state index >= 15 is 0 Å². The van der Waals surface area contributed by atoms with E-state index in [1.807, 2.05) is 0 Å². The number of hydrogen-bond acceptors (Lipinski definition) is 4. The fourth-order valence-electron chi connectivity index (χ4n) is 1.30. The Hall–Kier alpha value is 1.40. The van der Waals surface area contributed by atoms with Crippen molar-refractivity contribution in [3.05, 3.63) is 0 Å². The molecular formula is C10H22S4. The molecule has 4 heteroatoms. The van der Waals surface area contributed by atoms with Gasteiger partial charge in [-0.05, 0) is 12.8 Å². The van der Waals surface area contributed by atoms with Crippen molar-refractivity contribution < 1.29 is 0 Å². The molecular weight excluding hydrogens is 248 g/mol. The minimum atomic E-state index is 0.480. The van der Waals surface area contributed by atoms with Crippen LogP contribution in [0.5, 0.6) is 0 Å². The lowest BCUT2D eigenvalue weighted by molar-refractivity contribution is 0.596. The number of rotatable bonds is 9. The molecule has 2 unspecified atom stereocenters. The van der Waals surface area contributed by atoms with Gasteiger partial charge in [-0.3, -0.25) is 0 Å². The van der Waals surface area contributed by atoms with Crippen LogP contribution in [0, 0.1) is 0 Å². The molecule has 0 aromatic rings. The van der Waals surface area contributed by atoms with Gasteiger partial charge in [0.25, 0.3) is 0 Å². The van der Waals surface area contributed by atoms with Gasteiger partial charge in [0.15, 0.2) is 0 Å². The summed E-state index contributed by atoms with van der Waals surface area (Å²) in [6.07, 6.45) is 7.60. The van der Waals surface area contributed by atoms with Crippen molar-refractivity contribution >= 4 is 50.5 Å². The molecule has 0 spiro atoms. The van der Waals surface area contributed by atoms with E-state index in [0.29, 0.717) is 10.5 Å². The van der Waals surface area contributed by atoms with E-state index in [1.54, 1.807) is 0 Å². The molecule has 0 heterocycles. The van der Waals surface area contributed by atoms with Crippen LogP contribution in [-0.2, 0) is 0 Å². The first-order valence-corrected chi connectivity index (χ1v) is 7.58. The topological polar surface area (TPSA) is 0 Å². The van der Waals surface area contributed by atoms with Crippen LogP contribution in [0.1, 0.15) is 38.5 Å². The van der Waals surface area contributed by atoms with E-state index in [2.05, 4.69) is 50.5 Å². The maximum atomic E-state index is 4.40. The molecule has 14 heavy (non-hydrogen) atoms. The van der Waals surface area contributed by atoms with Crippen LogP contribution in [0.15, 0.2) is 0 Å². The Morgan fingerprint density at radius 1 is 0.643 bits per heavy atom. The third kappa shape index (κ3) is 9.94. The molecule has 0 aliphatic heterocycles. The molecule has 0 saturated heterocycles. The summed E-state index contributed by atoms with van der Waals surface area (Å²) in [5, 5.41) is 0.960. The van der Waals surface area contributed by atoms with E-state index in [-0.39, 0.29) is 0 Å². The van der Waals surface area contributed by atoms with Crippen LogP contribution in [0.2, 0.25) is 0 Å². The zero-order valence-corrected chi connectivity index (χ0v) is 12.2. The minimum absolute atomic E-state index is 0.480. The quantitative estimate of drug-likeness (QED) is 0.356. The van der Waals surface area contributed by atoms with Crippen LogP contribution in [0.25, 0.3) is 0 Å². The smallest absolute Gasteiger partial charge is 0.0105 e. The SMILES string of the molecule is SCC(S)CCCCCCC(S)CS. The third-order valence-corrected chi connectivity index (χ3v) is 4.59. The van der Waals surface area contributed by atoms with Crippen molar-refractivity contribution in [3.8, 4) is 0 Å². The van der Waals surface area contributed by atoms with E-state index < -0.39 is 0 Å². The van der Waals surface area contributed by atoms with Crippen molar-refractivity contribution in [2.75, 3.05) is 11.5 Å². The molecule has 0 aromatic carbocycles. The Morgan fingerprint density at radius 2 is 1.00 bits per heavy atom. The molecule has 86 valence electrons. The van der Waals surface area contributed by atoms with Crippen LogP contribution >= 0.6 is 50.5 Å². The van der Waals surface area contributed by atoms with Gasteiger partial charge in [0.2, 0.25) is 0 Å². The predicted molar refractivity (Wildman–Crippen MR) is 81.0 cm³/mol. The Balaban J connectivity index is 3.06. The highest BCUT2D eigenvalue weighted by Gasteiger charge is 2.01. The second-order valence-electron chi connectivity index (χ2n) is 3.66. The molecule has 0 N–H and O–H groups in total. The highest BCUT2D eigenvalue weighted by Crippen LogP contribution is 2.14. The van der Waals surface area contributed by atoms with Gasteiger partial charge in [-0.25, -0.2) is 0 Å². The average Bonchev–Trinajstić information content (AvgIpc) is 2.22. The van der Waals surface area contributed by atoms with E-state index in [9.17, 15) is 0 Å². The Morgan fingerprint density at radius 3 is 1.29 bits per heavy atom. The fourth-order valence-corrected chi connectivity index (χ4v) is 2.03. The van der Waals surface area contributed by atoms with Gasteiger partial charge in [-0.15, -0.1) is 0 Å². The van der Waals surface area contributed by atoms with Crippen molar-refractivity contribution in [1.29, 1.82) is 0 Å². The monoisotopic (exact) mass is 270 g/mol. The van der Waals surface area contributed by atoms with Crippen LogP contribution < -0.4 is 0 Å². The summed E-state index contributed by atoms with van der Waals surface area (Å²) in [4.78, 5) is 0. The van der Waals surface area contributed by atoms with Gasteiger partial charge in [0.1, 0.15) is 0 Å². The first-order valence-electron chi connectivity index (χ1n) is 5.28. The normalized spacial score (nSPS) is 15.4. The number of thiol groups is 4. The lowest BCUT2D eigenvalue weighted by atomic mass is 10.1. The maximum Gasteiger partial charge on any atom is 0.0105 e. The van der Waals surface area contributed by atoms with Gasteiger partial charge in [0, 0.05) is 22.0 Å². The first kappa shape index (κ1) is 15.4. The Kier molecular flexibility index (Phi) is 12.0. The molecule has 0 aliphatic rings. The van der Waals surface area contributed by atoms with Crippen molar-refractivity contribution in [2.24, 2.45) is 0 Å². The predicted octanol–water partition coefficient (Wildman–Crippen LogP) is 3.78. The van der Waals surface area contributed by atoms with Crippen LogP contribution in [-0.4, -0.2) is 22.0 Å². The lowest BCUT2D eigenvalue weighted by Crippen LogP contribution is -2.01. The molecule has 2 atom stereocenters. The summed E-state index contributed by atoms with van der Waals surface area (Å²) in [6, 6.07) is 0. The summed E-state index contributed by atoms with van der Waals surface area (Å²) in [5.74, 6) is 1.78. The molecule has 0 bridgehead atoms. The molecule has 0 rings (SSSR count). The summed E-state index contributed by atoms with van der Waals surface area (Å²) < 4.78 is 0. The zero-order chi connectivity index (χ0) is 10.8. The van der Waals surface area contributed by atoms with Gasteiger partial charge < -0.3 is 0 Å². The summed E-state index contributed by atoms with van der Waals surface area (Å²) in [6.45, 7) is 0. The summed E-state index contributed by atoms with van der Waals surface area (Å²) >= 11 is 17.2. The van der Waals surface area contributed by atoms with E-state index in [1.165, 1.54) is 38.5 Å². The third-order valence-electron chi connectivity index (χ3n) is 2.25. The molecule has 0 radical (unpaired) electrons. The minimum Gasteiger partial charge on any atom is -0.178 e. The molecule has 0 amide bonds. The molecule has 0 nitrogen and oxygen atoms in total. The Labute approximate surface area is 111 Å². The van der Waals surface area contributed by atoms with Crippen molar-refractivity contribution in [2.45, 2.75) is 49.0 Å². The number of hydrogen-bond donors (Lipinski definition) is 4. The standard InChI is InChI=1S/C10H22S4/c11-7-9(13)5-3-1-2-4-6-10(14)8-12/h9-14H,1-8H2. The van der Waals surface area contributed by atoms with E-state index in [0.717, 1.165) is 11.5 Å². The first-order chi connectivity index (χ1) is 6.70. The molecule has 0 aliphatic carbocycles. The summed E-state index contributed by atoms with van der Waals surface area (Å²) in [5.41, 5.74) is 0. The molecule has 0 fully saturated rings. The number of unbranched alkanes of at least 4 members (excludes halogenated alkanes) is 3. The molecule has 0 aromatic heterocycles. The van der Waals surface area contributed by atoms with Crippen molar-refractivity contribution in [3.63, 3.8) is 0 Å². The van der Waals surface area contributed by atoms with Crippen LogP contribution in [0.3, 0.4) is 0 Å². The summed E-state index contributed by atoms with van der Waals surface area (Å²) in [7, 11) is 0. The fraction of sp³-hybridized carbons (Fsp3) is 1.00. The van der Waals surface area contributed by atoms with Crippen LogP contribution in [0.4, 0.5) is 0 Å². The molecule has 0 saturated carbocycles.